The van der Waals surface area contributed by atoms with Crippen LogP contribution in [-0.4, -0.2) is 68.7 Å². The van der Waals surface area contributed by atoms with Gasteiger partial charge in [0.1, 0.15) is 25.5 Å². The highest BCUT2D eigenvalue weighted by atomic mass is 32.2. The monoisotopic (exact) mass is 349 g/mol. The maximum absolute atomic E-state index is 12.4. The van der Waals surface area contributed by atoms with Crippen molar-refractivity contribution in [1.82, 2.24) is 4.90 Å². The molecule has 3 fully saturated rings. The number of carbonyl (C=O) groups excluding carboxylic acids is 1. The lowest BCUT2D eigenvalue weighted by Crippen LogP contribution is -2.67. The number of Topliss-reactive ketones (excluding diaryl/α,β-unsaturated/α-hetero) is 1. The second-order valence-electron chi connectivity index (χ2n) is 7.20. The minimum Gasteiger partial charge on any atom is -0.300 e. The Kier molecular flexibility index (Phi) is 3.73. The molecule has 22 heavy (non-hydrogen) atoms. The summed E-state index contributed by atoms with van der Waals surface area (Å²) in [6.45, 7) is 0. The molecule has 8 heteroatoms. The van der Waals surface area contributed by atoms with Gasteiger partial charge in [-0.1, -0.05) is 0 Å². The average Bonchev–Trinajstić information content (AvgIpc) is 2.43. The lowest BCUT2D eigenvalue weighted by Gasteiger charge is -2.58. The van der Waals surface area contributed by atoms with Gasteiger partial charge in [-0.05, 0) is 32.7 Å². The smallest absolute Gasteiger partial charge is 0.150 e. The van der Waals surface area contributed by atoms with Gasteiger partial charge in [0.25, 0.3) is 0 Å². The van der Waals surface area contributed by atoms with E-state index in [0.717, 1.165) is 0 Å². The molecule has 0 aromatic heterocycles. The highest BCUT2D eigenvalue weighted by Gasteiger charge is 2.55. The van der Waals surface area contributed by atoms with Crippen LogP contribution >= 0.6 is 0 Å². The Morgan fingerprint density at radius 2 is 1.09 bits per heavy atom. The maximum atomic E-state index is 12.4. The number of nitrogens with zero attached hydrogens (tertiary/aromatic N) is 1. The van der Waals surface area contributed by atoms with Gasteiger partial charge in [-0.3, -0.25) is 9.69 Å². The van der Waals surface area contributed by atoms with Crippen molar-refractivity contribution < 1.29 is 21.6 Å². The van der Waals surface area contributed by atoms with Gasteiger partial charge < -0.3 is 0 Å². The van der Waals surface area contributed by atoms with Crippen molar-refractivity contribution in [3.8, 4) is 0 Å². The predicted molar refractivity (Wildman–Crippen MR) is 83.2 cm³/mol. The quantitative estimate of drug-likeness (QED) is 0.620. The Bertz CT molecular complexity index is 609. The average molecular weight is 349 g/mol. The normalized spacial score (nSPS) is 33.0. The van der Waals surface area contributed by atoms with Crippen LogP contribution < -0.4 is 0 Å². The summed E-state index contributed by atoms with van der Waals surface area (Å²) in [6.07, 6.45) is 2.71. The molecule has 0 bridgehead atoms. The van der Waals surface area contributed by atoms with Gasteiger partial charge in [0.2, 0.25) is 0 Å². The first-order valence-electron chi connectivity index (χ1n) is 7.75. The fourth-order valence-corrected chi connectivity index (χ4v) is 7.57. The summed E-state index contributed by atoms with van der Waals surface area (Å²) >= 11 is 0. The van der Waals surface area contributed by atoms with E-state index in [4.69, 9.17) is 0 Å². The number of hydrogen-bond acceptors (Lipinski definition) is 6. The molecule has 0 N–H and O–H groups in total. The second kappa shape index (κ2) is 5.01. The Morgan fingerprint density at radius 3 is 1.41 bits per heavy atom. The molecule has 3 heterocycles. The van der Waals surface area contributed by atoms with Crippen molar-refractivity contribution in [1.29, 1.82) is 0 Å². The van der Waals surface area contributed by atoms with Gasteiger partial charge in [0.05, 0.1) is 23.0 Å². The van der Waals surface area contributed by atoms with Gasteiger partial charge in [-0.25, -0.2) is 16.8 Å². The van der Waals surface area contributed by atoms with Crippen LogP contribution in [0.25, 0.3) is 0 Å². The second-order valence-corrected chi connectivity index (χ2v) is 11.8. The van der Waals surface area contributed by atoms with Gasteiger partial charge >= 0.3 is 0 Å². The van der Waals surface area contributed by atoms with Crippen LogP contribution in [0.5, 0.6) is 0 Å². The van der Waals surface area contributed by atoms with Crippen molar-refractivity contribution in [2.45, 2.75) is 49.6 Å². The fraction of sp³-hybridized carbons (Fsp3) is 0.929. The zero-order valence-electron chi connectivity index (χ0n) is 12.9. The van der Waals surface area contributed by atoms with Crippen molar-refractivity contribution in [3.63, 3.8) is 0 Å². The van der Waals surface area contributed by atoms with E-state index in [-0.39, 0.29) is 28.8 Å². The molecule has 0 saturated carbocycles. The summed E-state index contributed by atoms with van der Waals surface area (Å²) in [7, 11) is -4.03. The van der Waals surface area contributed by atoms with Crippen molar-refractivity contribution in [3.05, 3.63) is 0 Å². The zero-order chi connectivity index (χ0) is 16.2. The molecular weight excluding hydrogens is 326 g/mol. The number of piperidine rings is 1. The first-order chi connectivity index (χ1) is 10.1. The third kappa shape index (κ3) is 2.73. The Labute approximate surface area is 132 Å². The van der Waals surface area contributed by atoms with E-state index in [1.54, 1.807) is 0 Å². The van der Waals surface area contributed by atoms with Crippen molar-refractivity contribution in [2.75, 3.05) is 30.1 Å². The number of likely N-dealkylation sites (tertiary alicyclic amines) is 1. The van der Waals surface area contributed by atoms with E-state index in [9.17, 15) is 21.6 Å². The standard InChI is InChI=1S/C14H23NO5S2/c1-15-13(2-6-21(17,18)7-3-13)10-12(16)11-14(15)4-8-22(19,20)9-5-14/h2-11H2,1H3. The van der Waals surface area contributed by atoms with Crippen LogP contribution in [0.4, 0.5) is 0 Å². The highest BCUT2D eigenvalue weighted by molar-refractivity contribution is 7.91. The third-order valence-corrected chi connectivity index (χ3v) is 9.29. The van der Waals surface area contributed by atoms with Gasteiger partial charge in [0.15, 0.2) is 0 Å². The minimum atomic E-state index is -2.99. The molecule has 2 spiro atoms. The highest BCUT2D eigenvalue weighted by Crippen LogP contribution is 2.46. The van der Waals surface area contributed by atoms with E-state index in [1.165, 1.54) is 0 Å². The number of hydrogen-bond donors (Lipinski definition) is 0. The summed E-state index contributed by atoms with van der Waals surface area (Å²) < 4.78 is 46.9. The molecule has 0 amide bonds. The topological polar surface area (TPSA) is 88.6 Å². The van der Waals surface area contributed by atoms with E-state index in [0.29, 0.717) is 38.5 Å². The minimum absolute atomic E-state index is 0.124. The number of carbonyl (C=O) groups is 1. The van der Waals surface area contributed by atoms with E-state index in [1.807, 2.05) is 7.05 Å². The van der Waals surface area contributed by atoms with Gasteiger partial charge in [0, 0.05) is 23.9 Å². The Balaban J connectivity index is 1.90. The molecule has 0 radical (unpaired) electrons. The first-order valence-corrected chi connectivity index (χ1v) is 11.4. The number of sulfone groups is 2. The number of ketones is 1. The molecule has 3 aliphatic heterocycles. The molecule has 0 aromatic carbocycles. The lowest BCUT2D eigenvalue weighted by atomic mass is 9.71. The maximum Gasteiger partial charge on any atom is 0.150 e. The van der Waals surface area contributed by atoms with E-state index in [2.05, 4.69) is 4.90 Å². The summed E-state index contributed by atoms with van der Waals surface area (Å²) in [6, 6.07) is 0. The fourth-order valence-electron chi connectivity index (χ4n) is 4.40. The molecule has 3 rings (SSSR count). The van der Waals surface area contributed by atoms with Crippen LogP contribution in [0.3, 0.4) is 0 Å². The first kappa shape index (κ1) is 16.4. The van der Waals surface area contributed by atoms with Gasteiger partial charge in [-0.2, -0.15) is 0 Å². The summed E-state index contributed by atoms with van der Waals surface area (Å²) in [5.41, 5.74) is -0.802. The van der Waals surface area contributed by atoms with Crippen LogP contribution in [0.15, 0.2) is 0 Å². The summed E-state index contributed by atoms with van der Waals surface area (Å²) in [4.78, 5) is 14.5. The third-order valence-electron chi connectivity index (χ3n) is 5.99. The van der Waals surface area contributed by atoms with E-state index < -0.39 is 30.8 Å². The molecule has 3 aliphatic rings. The molecule has 126 valence electrons. The molecular formula is C14H23NO5S2. The molecule has 3 saturated heterocycles. The van der Waals surface area contributed by atoms with Gasteiger partial charge in [-0.15, -0.1) is 0 Å². The van der Waals surface area contributed by atoms with Crippen LogP contribution in [-0.2, 0) is 24.5 Å². The predicted octanol–water partition coefficient (Wildman–Crippen LogP) is 0.176. The summed E-state index contributed by atoms with van der Waals surface area (Å²) in [5, 5.41) is 0. The van der Waals surface area contributed by atoms with Crippen molar-refractivity contribution >= 4 is 25.5 Å². The Morgan fingerprint density at radius 1 is 0.773 bits per heavy atom. The van der Waals surface area contributed by atoms with Crippen LogP contribution in [0.1, 0.15) is 38.5 Å². The largest absolute Gasteiger partial charge is 0.300 e. The van der Waals surface area contributed by atoms with E-state index >= 15 is 0 Å². The Hall–Kier alpha value is -0.470. The zero-order valence-corrected chi connectivity index (χ0v) is 14.5. The molecule has 0 aliphatic carbocycles. The SMILES string of the molecule is CN1C2(CCS(=O)(=O)CC2)CC(=O)CC12CCS(=O)(=O)CC2. The molecule has 6 nitrogen and oxygen atoms in total. The number of rotatable bonds is 0. The lowest BCUT2D eigenvalue weighted by molar-refractivity contribution is -0.137. The molecule has 0 aromatic rings. The van der Waals surface area contributed by atoms with Crippen molar-refractivity contribution in [2.24, 2.45) is 0 Å². The van der Waals surface area contributed by atoms with Crippen LogP contribution in [0.2, 0.25) is 0 Å². The van der Waals surface area contributed by atoms with Crippen LogP contribution in [0, 0.1) is 0 Å². The molecule has 0 unspecified atom stereocenters. The molecule has 0 atom stereocenters. The summed E-state index contributed by atoms with van der Waals surface area (Å²) in [5.74, 6) is 0.646.